The zero-order chi connectivity index (χ0) is 13.8. The van der Waals surface area contributed by atoms with Gasteiger partial charge in [0.05, 0.1) is 6.54 Å². The van der Waals surface area contributed by atoms with Gasteiger partial charge in [-0.1, -0.05) is 11.6 Å². The van der Waals surface area contributed by atoms with Crippen molar-refractivity contribution in [3.63, 3.8) is 0 Å². The molecule has 1 aromatic rings. The average Bonchev–Trinajstić information content (AvgIpc) is 2.26. The first-order valence-electron chi connectivity index (χ1n) is 6.07. The minimum absolute atomic E-state index is 0.214. The fourth-order valence-corrected chi connectivity index (χ4v) is 1.91. The van der Waals surface area contributed by atoms with Gasteiger partial charge in [0.15, 0.2) is 0 Å². The highest BCUT2D eigenvalue weighted by Crippen LogP contribution is 2.09. The number of likely N-dealkylation sites (N-methyl/N-ethyl adjacent to an activating group) is 1. The topological polar surface area (TPSA) is 61.4 Å². The third-order valence-corrected chi connectivity index (χ3v) is 3.39. The third-order valence-electron chi connectivity index (χ3n) is 3.14. The first-order valence-corrected chi connectivity index (χ1v) is 6.45. The number of halogens is 1. The normalized spacial score (nSPS) is 15.1. The summed E-state index contributed by atoms with van der Waals surface area (Å²) in [5.74, 6) is -0.698. The van der Waals surface area contributed by atoms with Crippen LogP contribution in [0, 0.1) is 0 Å². The van der Waals surface area contributed by atoms with Gasteiger partial charge in [-0.3, -0.25) is 19.8 Å². The number of hydrogen-bond acceptors (Lipinski definition) is 4. The lowest BCUT2D eigenvalue weighted by Gasteiger charge is -2.35. The van der Waals surface area contributed by atoms with Crippen LogP contribution < -0.4 is 10.6 Å². The Morgan fingerprint density at radius 1 is 1.37 bits per heavy atom. The lowest BCUT2D eigenvalue weighted by molar-refractivity contribution is -0.121. The van der Waals surface area contributed by atoms with E-state index in [1.807, 2.05) is 11.9 Å². The van der Waals surface area contributed by atoms with Crippen molar-refractivity contribution in [2.75, 3.05) is 26.7 Å². The summed E-state index contributed by atoms with van der Waals surface area (Å²) in [6.07, 6.45) is 0. The molecule has 1 heterocycles. The van der Waals surface area contributed by atoms with E-state index in [0.717, 1.165) is 13.1 Å². The van der Waals surface area contributed by atoms with Crippen LogP contribution in [0.15, 0.2) is 24.3 Å². The summed E-state index contributed by atoms with van der Waals surface area (Å²) in [5.41, 5.74) is 0.422. The molecule has 2 rings (SSSR count). The Labute approximate surface area is 116 Å². The number of amides is 2. The Morgan fingerprint density at radius 2 is 2.00 bits per heavy atom. The van der Waals surface area contributed by atoms with Gasteiger partial charge < -0.3 is 5.32 Å². The Kier molecular flexibility index (Phi) is 4.52. The van der Waals surface area contributed by atoms with E-state index in [1.54, 1.807) is 24.3 Å². The minimum Gasteiger partial charge on any atom is -0.314 e. The maximum Gasteiger partial charge on any atom is 0.257 e. The molecule has 1 fully saturated rings. The fourth-order valence-electron chi connectivity index (χ4n) is 1.78. The molecule has 2 amide bonds. The van der Waals surface area contributed by atoms with Crippen molar-refractivity contribution in [3.8, 4) is 0 Å². The number of carbonyl (C=O) groups excluding carboxylic acids is 2. The summed E-state index contributed by atoms with van der Waals surface area (Å²) < 4.78 is 0. The molecule has 1 aliphatic heterocycles. The number of rotatable bonds is 4. The van der Waals surface area contributed by atoms with Crippen molar-refractivity contribution >= 4 is 23.4 Å². The molecule has 5 nitrogen and oxygen atoms in total. The van der Waals surface area contributed by atoms with Gasteiger partial charge in [-0.25, -0.2) is 0 Å². The van der Waals surface area contributed by atoms with Gasteiger partial charge in [0, 0.05) is 29.7 Å². The third kappa shape index (κ3) is 3.76. The molecule has 0 radical (unpaired) electrons. The van der Waals surface area contributed by atoms with Crippen molar-refractivity contribution < 1.29 is 9.59 Å². The summed E-state index contributed by atoms with van der Waals surface area (Å²) in [4.78, 5) is 25.5. The van der Waals surface area contributed by atoms with Gasteiger partial charge in [-0.05, 0) is 31.3 Å². The molecule has 6 heteroatoms. The SMILES string of the molecule is CN(CC(=O)NC(=O)c1ccc(Cl)cc1)C1CNC1. The van der Waals surface area contributed by atoms with Crippen molar-refractivity contribution in [2.45, 2.75) is 6.04 Å². The Balaban J connectivity index is 1.84. The molecule has 1 saturated heterocycles. The summed E-state index contributed by atoms with van der Waals surface area (Å²) in [5, 5.41) is 6.06. The largest absolute Gasteiger partial charge is 0.314 e. The minimum atomic E-state index is -0.401. The highest BCUT2D eigenvalue weighted by atomic mass is 35.5. The second kappa shape index (κ2) is 6.14. The fraction of sp³-hybridized carbons (Fsp3) is 0.385. The lowest BCUT2D eigenvalue weighted by atomic mass is 10.1. The van der Waals surface area contributed by atoms with E-state index < -0.39 is 5.91 Å². The van der Waals surface area contributed by atoms with E-state index >= 15 is 0 Å². The molecule has 19 heavy (non-hydrogen) atoms. The number of nitrogens with zero attached hydrogens (tertiary/aromatic N) is 1. The lowest BCUT2D eigenvalue weighted by Crippen LogP contribution is -2.57. The first-order chi connectivity index (χ1) is 9.06. The van der Waals surface area contributed by atoms with Gasteiger partial charge in [0.25, 0.3) is 5.91 Å². The van der Waals surface area contributed by atoms with Gasteiger partial charge in [0.2, 0.25) is 5.91 Å². The summed E-state index contributed by atoms with van der Waals surface area (Å²) in [6, 6.07) is 6.78. The van der Waals surface area contributed by atoms with Crippen LogP contribution in [0.4, 0.5) is 0 Å². The van der Waals surface area contributed by atoms with Gasteiger partial charge in [-0.15, -0.1) is 0 Å². The summed E-state index contributed by atoms with van der Waals surface area (Å²) >= 11 is 5.74. The van der Waals surface area contributed by atoms with Crippen LogP contribution in [0.3, 0.4) is 0 Å². The highest BCUT2D eigenvalue weighted by Gasteiger charge is 2.23. The molecule has 0 spiro atoms. The second-order valence-corrected chi connectivity index (χ2v) is 5.05. The van der Waals surface area contributed by atoms with Crippen molar-refractivity contribution in [2.24, 2.45) is 0 Å². The van der Waals surface area contributed by atoms with Crippen LogP contribution >= 0.6 is 11.6 Å². The van der Waals surface area contributed by atoms with Crippen LogP contribution in [0.5, 0.6) is 0 Å². The molecule has 1 aromatic carbocycles. The molecular weight excluding hydrogens is 266 g/mol. The summed E-state index contributed by atoms with van der Waals surface area (Å²) in [7, 11) is 1.87. The second-order valence-electron chi connectivity index (χ2n) is 4.61. The van der Waals surface area contributed by atoms with Gasteiger partial charge in [-0.2, -0.15) is 0 Å². The molecule has 1 aliphatic rings. The molecule has 0 atom stereocenters. The summed E-state index contributed by atoms with van der Waals surface area (Å²) in [6.45, 7) is 1.98. The van der Waals surface area contributed by atoms with E-state index in [2.05, 4.69) is 10.6 Å². The Hall–Kier alpha value is -1.43. The molecule has 2 N–H and O–H groups in total. The number of benzene rings is 1. The highest BCUT2D eigenvalue weighted by molar-refractivity contribution is 6.30. The van der Waals surface area contributed by atoms with Gasteiger partial charge >= 0.3 is 0 Å². The Bertz CT molecular complexity index is 471. The van der Waals surface area contributed by atoms with Crippen LogP contribution in [0.2, 0.25) is 5.02 Å². The maximum absolute atomic E-state index is 11.8. The smallest absolute Gasteiger partial charge is 0.257 e. The van der Waals surface area contributed by atoms with Crippen molar-refractivity contribution in [3.05, 3.63) is 34.9 Å². The number of hydrogen-bond donors (Lipinski definition) is 2. The van der Waals surface area contributed by atoms with E-state index in [9.17, 15) is 9.59 Å². The molecule has 0 unspecified atom stereocenters. The van der Waals surface area contributed by atoms with E-state index in [4.69, 9.17) is 11.6 Å². The van der Waals surface area contributed by atoms with E-state index in [1.165, 1.54) is 0 Å². The van der Waals surface area contributed by atoms with Crippen LogP contribution in [-0.4, -0.2) is 49.4 Å². The molecule has 0 aromatic heterocycles. The van der Waals surface area contributed by atoms with E-state index in [0.29, 0.717) is 16.6 Å². The maximum atomic E-state index is 11.8. The Morgan fingerprint density at radius 3 is 2.53 bits per heavy atom. The molecule has 0 saturated carbocycles. The molecule has 0 bridgehead atoms. The predicted molar refractivity (Wildman–Crippen MR) is 73.2 cm³/mol. The zero-order valence-corrected chi connectivity index (χ0v) is 11.4. The molecule has 0 aliphatic carbocycles. The average molecular weight is 282 g/mol. The number of nitrogens with one attached hydrogen (secondary N) is 2. The van der Waals surface area contributed by atoms with Crippen LogP contribution in [0.1, 0.15) is 10.4 Å². The zero-order valence-electron chi connectivity index (χ0n) is 10.6. The van der Waals surface area contributed by atoms with Crippen LogP contribution in [0.25, 0.3) is 0 Å². The van der Waals surface area contributed by atoms with Gasteiger partial charge in [0.1, 0.15) is 0 Å². The molecular formula is C13H16ClN3O2. The monoisotopic (exact) mass is 281 g/mol. The van der Waals surface area contributed by atoms with Crippen LogP contribution in [-0.2, 0) is 4.79 Å². The van der Waals surface area contributed by atoms with E-state index in [-0.39, 0.29) is 12.5 Å². The quantitative estimate of drug-likeness (QED) is 0.844. The predicted octanol–water partition coefficient (Wildman–Crippen LogP) is 0.500. The standard InChI is InChI=1S/C13H16ClN3O2/c1-17(11-6-15-7-11)8-12(18)16-13(19)9-2-4-10(14)5-3-9/h2-5,11,15H,6-8H2,1H3,(H,16,18,19). The number of carbonyl (C=O) groups is 2. The number of imide groups is 1. The van der Waals surface area contributed by atoms with Crippen molar-refractivity contribution in [1.82, 2.24) is 15.5 Å². The molecule has 102 valence electrons. The van der Waals surface area contributed by atoms with Crippen molar-refractivity contribution in [1.29, 1.82) is 0 Å². The first kappa shape index (κ1) is 14.0.